The molecule has 0 amide bonds. The van der Waals surface area contributed by atoms with E-state index in [0.717, 1.165) is 29.9 Å². The molecule has 1 aliphatic heterocycles. The van der Waals surface area contributed by atoms with Gasteiger partial charge in [0.2, 0.25) is 0 Å². The van der Waals surface area contributed by atoms with Crippen molar-refractivity contribution in [2.45, 2.75) is 59.0 Å². The van der Waals surface area contributed by atoms with Gasteiger partial charge in [0.05, 0.1) is 11.6 Å². The van der Waals surface area contributed by atoms with Crippen LogP contribution in [0.2, 0.25) is 0 Å². The average molecular weight is 444 g/mol. The molecule has 0 aliphatic carbocycles. The van der Waals surface area contributed by atoms with Crippen LogP contribution in [0.15, 0.2) is 57.2 Å². The van der Waals surface area contributed by atoms with E-state index in [1.807, 2.05) is 30.4 Å². The van der Waals surface area contributed by atoms with Crippen LogP contribution in [-0.4, -0.2) is 12.3 Å². The summed E-state index contributed by atoms with van der Waals surface area (Å²) in [6.45, 7) is 7.46. The van der Waals surface area contributed by atoms with E-state index in [1.165, 1.54) is 39.6 Å². The lowest BCUT2D eigenvalue weighted by Gasteiger charge is -2.12. The third kappa shape index (κ3) is 5.26. The highest BCUT2D eigenvalue weighted by atomic mass is 32.1. The topological polar surface area (TPSA) is 46.3 Å². The fraction of sp³-hybridized carbons (Fsp3) is 0.370. The number of benzene rings is 2. The Labute approximate surface area is 194 Å². The summed E-state index contributed by atoms with van der Waals surface area (Å²) in [7, 11) is 0. The zero-order chi connectivity index (χ0) is 22.3. The number of aryl methyl sites for hydroxylation is 2. The smallest absolute Gasteiger partial charge is 0.119 e. The SMILES string of the molecule is CC#C[C@@H](CC1=NN=NC1)c1ccc(OCc2cc(C)c3scc(CCCC)c3c2)cc1. The van der Waals surface area contributed by atoms with Crippen LogP contribution in [0.25, 0.3) is 10.1 Å². The first-order chi connectivity index (χ1) is 15.7. The van der Waals surface area contributed by atoms with Crippen molar-refractivity contribution >= 4 is 27.1 Å². The van der Waals surface area contributed by atoms with Crippen molar-refractivity contribution in [3.05, 3.63) is 64.0 Å². The minimum Gasteiger partial charge on any atom is -0.489 e. The highest BCUT2D eigenvalue weighted by Crippen LogP contribution is 2.32. The Bertz CT molecular complexity index is 1200. The van der Waals surface area contributed by atoms with Crippen LogP contribution in [0.3, 0.4) is 0 Å². The number of hydrogen-bond acceptors (Lipinski definition) is 5. The third-order valence-corrected chi connectivity index (χ3v) is 6.93. The minimum absolute atomic E-state index is 0.0986. The van der Waals surface area contributed by atoms with Gasteiger partial charge in [0, 0.05) is 11.1 Å². The molecule has 0 saturated carbocycles. The zero-order valence-electron chi connectivity index (χ0n) is 19.0. The molecule has 2 heterocycles. The first kappa shape index (κ1) is 22.2. The van der Waals surface area contributed by atoms with Crippen LogP contribution in [0, 0.1) is 18.8 Å². The van der Waals surface area contributed by atoms with Gasteiger partial charge in [-0.05, 0) is 83.1 Å². The Morgan fingerprint density at radius 3 is 2.75 bits per heavy atom. The van der Waals surface area contributed by atoms with Crippen LogP contribution < -0.4 is 4.74 Å². The molecule has 1 aliphatic rings. The predicted molar refractivity (Wildman–Crippen MR) is 134 cm³/mol. The Kier molecular flexibility index (Phi) is 7.34. The summed E-state index contributed by atoms with van der Waals surface area (Å²) in [5.74, 6) is 7.30. The Morgan fingerprint density at radius 2 is 2.03 bits per heavy atom. The van der Waals surface area contributed by atoms with Crippen molar-refractivity contribution in [2.24, 2.45) is 15.4 Å². The maximum atomic E-state index is 6.14. The van der Waals surface area contributed by atoms with Crippen LogP contribution in [0.1, 0.15) is 61.3 Å². The van der Waals surface area contributed by atoms with Crippen molar-refractivity contribution in [1.29, 1.82) is 0 Å². The second kappa shape index (κ2) is 10.6. The molecule has 0 spiro atoms. The molecular weight excluding hydrogens is 414 g/mol. The van der Waals surface area contributed by atoms with Gasteiger partial charge in [-0.15, -0.1) is 22.4 Å². The van der Waals surface area contributed by atoms with Crippen molar-refractivity contribution < 1.29 is 4.74 Å². The maximum absolute atomic E-state index is 6.14. The molecule has 164 valence electrons. The van der Waals surface area contributed by atoms with E-state index in [9.17, 15) is 0 Å². The van der Waals surface area contributed by atoms with Gasteiger partial charge in [-0.1, -0.05) is 37.5 Å². The zero-order valence-corrected chi connectivity index (χ0v) is 19.8. The van der Waals surface area contributed by atoms with Crippen LogP contribution >= 0.6 is 11.3 Å². The standard InChI is InChI=1S/C27H29N3OS/c1-4-6-8-23-18-32-27-19(3)13-20(14-26(23)27)17-31-25-11-9-21(10-12-25)22(7-5-2)15-24-16-28-30-29-24/h9-14,18,22H,4,6,8,15-17H2,1-3H3/t22-/m0/s1. The predicted octanol–water partition coefficient (Wildman–Crippen LogP) is 7.45. The van der Waals surface area contributed by atoms with Crippen LogP contribution in [0.5, 0.6) is 5.75 Å². The lowest BCUT2D eigenvalue weighted by molar-refractivity contribution is 0.306. The fourth-order valence-corrected chi connectivity index (χ4v) is 5.12. The van der Waals surface area contributed by atoms with Gasteiger partial charge in [-0.25, -0.2) is 0 Å². The van der Waals surface area contributed by atoms with Gasteiger partial charge in [-0.2, -0.15) is 5.11 Å². The number of fused-ring (bicyclic) bond motifs is 1. The molecular formula is C27H29N3OS. The highest BCUT2D eigenvalue weighted by molar-refractivity contribution is 7.17. The second-order valence-corrected chi connectivity index (χ2v) is 9.10. The summed E-state index contributed by atoms with van der Waals surface area (Å²) >= 11 is 1.86. The maximum Gasteiger partial charge on any atom is 0.119 e. The number of ether oxygens (including phenoxy) is 1. The molecule has 0 N–H and O–H groups in total. The summed E-state index contributed by atoms with van der Waals surface area (Å²) in [4.78, 5) is 0. The fourth-order valence-electron chi connectivity index (χ4n) is 4.05. The Morgan fingerprint density at radius 1 is 1.19 bits per heavy atom. The summed E-state index contributed by atoms with van der Waals surface area (Å²) in [5, 5.41) is 15.5. The van der Waals surface area contributed by atoms with E-state index < -0.39 is 0 Å². The van der Waals surface area contributed by atoms with E-state index in [4.69, 9.17) is 4.74 Å². The van der Waals surface area contributed by atoms with Crippen molar-refractivity contribution in [3.8, 4) is 17.6 Å². The van der Waals surface area contributed by atoms with E-state index >= 15 is 0 Å². The highest BCUT2D eigenvalue weighted by Gasteiger charge is 2.15. The Hall–Kier alpha value is -2.97. The Balaban J connectivity index is 1.44. The van der Waals surface area contributed by atoms with Gasteiger partial charge in [-0.3, -0.25) is 0 Å². The van der Waals surface area contributed by atoms with Gasteiger partial charge >= 0.3 is 0 Å². The number of nitrogens with zero attached hydrogens (tertiary/aromatic N) is 3. The molecule has 0 radical (unpaired) electrons. The third-order valence-electron chi connectivity index (χ3n) is 5.75. The lowest BCUT2D eigenvalue weighted by Crippen LogP contribution is -2.07. The number of thiophene rings is 1. The van der Waals surface area contributed by atoms with Gasteiger partial charge in [0.1, 0.15) is 18.9 Å². The normalized spacial score (nSPS) is 13.7. The summed E-state index contributed by atoms with van der Waals surface area (Å²) in [6, 6.07) is 12.8. The molecule has 1 atom stereocenters. The molecule has 2 aromatic carbocycles. The van der Waals surface area contributed by atoms with E-state index in [-0.39, 0.29) is 5.92 Å². The summed E-state index contributed by atoms with van der Waals surface area (Å²) < 4.78 is 7.54. The average Bonchev–Trinajstić information content (AvgIpc) is 3.46. The van der Waals surface area contributed by atoms with Crippen LogP contribution in [0.4, 0.5) is 0 Å². The van der Waals surface area contributed by atoms with Gasteiger partial charge in [0.25, 0.3) is 0 Å². The van der Waals surface area contributed by atoms with Gasteiger partial charge in [0.15, 0.2) is 0 Å². The molecule has 4 rings (SSSR count). The number of rotatable bonds is 9. The minimum atomic E-state index is 0.0986. The van der Waals surface area contributed by atoms with E-state index in [2.05, 4.69) is 70.8 Å². The summed E-state index contributed by atoms with van der Waals surface area (Å²) in [5.41, 5.74) is 6.17. The first-order valence-electron chi connectivity index (χ1n) is 11.2. The largest absolute Gasteiger partial charge is 0.489 e. The first-order valence-corrected chi connectivity index (χ1v) is 12.1. The molecule has 0 bridgehead atoms. The number of unbranched alkanes of at least 4 members (excludes halogenated alkanes) is 1. The molecule has 3 aromatic rings. The lowest BCUT2D eigenvalue weighted by atomic mass is 9.94. The van der Waals surface area contributed by atoms with E-state index in [1.54, 1.807) is 0 Å². The molecule has 4 nitrogen and oxygen atoms in total. The molecule has 1 aromatic heterocycles. The second-order valence-electron chi connectivity index (χ2n) is 8.22. The van der Waals surface area contributed by atoms with Crippen molar-refractivity contribution in [3.63, 3.8) is 0 Å². The van der Waals surface area contributed by atoms with Gasteiger partial charge < -0.3 is 4.74 Å². The van der Waals surface area contributed by atoms with Crippen LogP contribution in [-0.2, 0) is 13.0 Å². The van der Waals surface area contributed by atoms with E-state index in [0.29, 0.717) is 13.2 Å². The molecule has 0 saturated heterocycles. The molecule has 0 unspecified atom stereocenters. The quantitative estimate of drug-likeness (QED) is 0.317. The summed E-state index contributed by atoms with van der Waals surface area (Å²) in [6.07, 6.45) is 4.36. The molecule has 0 fully saturated rings. The monoisotopic (exact) mass is 443 g/mol. The molecule has 32 heavy (non-hydrogen) atoms. The van der Waals surface area contributed by atoms with Crippen molar-refractivity contribution in [2.75, 3.05) is 6.54 Å². The van der Waals surface area contributed by atoms with Crippen molar-refractivity contribution in [1.82, 2.24) is 0 Å². The molecule has 5 heteroatoms. The number of hydrogen-bond donors (Lipinski definition) is 0.